The van der Waals surface area contributed by atoms with E-state index >= 15 is 0 Å². The van der Waals surface area contributed by atoms with E-state index in [0.29, 0.717) is 0 Å². The number of aromatic amines is 1. The molecule has 0 aliphatic heterocycles. The summed E-state index contributed by atoms with van der Waals surface area (Å²) >= 11 is 0. The van der Waals surface area contributed by atoms with E-state index in [1.807, 2.05) is 0 Å². The molecular weight excluding hydrogens is 238 g/mol. The summed E-state index contributed by atoms with van der Waals surface area (Å²) in [7, 11) is -4.08. The van der Waals surface area contributed by atoms with Gasteiger partial charge in [-0.25, -0.2) is 13.6 Å². The molecule has 2 aromatic rings. The second-order valence-electron chi connectivity index (χ2n) is 2.95. The Labute approximate surface area is 88.5 Å². The number of hydrogen-bond donors (Lipinski definition) is 2. The third kappa shape index (κ3) is 1.59. The average Bonchev–Trinajstić information content (AvgIpc) is 2.61. The molecule has 0 radical (unpaired) electrons. The second-order valence-corrected chi connectivity index (χ2v) is 4.48. The van der Waals surface area contributed by atoms with Crippen molar-refractivity contribution in [3.63, 3.8) is 0 Å². The van der Waals surface area contributed by atoms with Crippen LogP contribution in [0.15, 0.2) is 17.0 Å². The normalized spacial score (nSPS) is 11.8. The number of non-ortho nitro benzene ring substituents is 1. The molecule has 0 unspecified atom stereocenters. The van der Waals surface area contributed by atoms with Crippen LogP contribution < -0.4 is 5.14 Å². The van der Waals surface area contributed by atoms with Crippen molar-refractivity contribution in [2.75, 3.05) is 0 Å². The van der Waals surface area contributed by atoms with Crippen LogP contribution in [0.5, 0.6) is 0 Å². The van der Waals surface area contributed by atoms with Crippen molar-refractivity contribution in [2.24, 2.45) is 5.14 Å². The fourth-order valence-electron chi connectivity index (χ4n) is 1.23. The molecule has 10 heteroatoms. The first-order valence-electron chi connectivity index (χ1n) is 3.91. The lowest BCUT2D eigenvalue weighted by Crippen LogP contribution is -2.13. The molecule has 0 fully saturated rings. The summed E-state index contributed by atoms with van der Waals surface area (Å²) in [6, 6.07) is 1.98. The molecule has 3 N–H and O–H groups in total. The molecule has 0 aliphatic carbocycles. The van der Waals surface area contributed by atoms with Gasteiger partial charge < -0.3 is 0 Å². The Hall–Kier alpha value is -2.07. The van der Waals surface area contributed by atoms with E-state index in [2.05, 4.69) is 15.4 Å². The molecule has 1 aromatic heterocycles. The molecule has 1 aromatic carbocycles. The van der Waals surface area contributed by atoms with E-state index in [0.717, 1.165) is 12.1 Å². The zero-order valence-corrected chi connectivity index (χ0v) is 8.43. The minimum Gasteiger partial charge on any atom is -0.258 e. The average molecular weight is 243 g/mol. The van der Waals surface area contributed by atoms with Crippen LogP contribution >= 0.6 is 0 Å². The van der Waals surface area contributed by atoms with Crippen molar-refractivity contribution in [3.8, 4) is 0 Å². The molecule has 0 amide bonds. The maximum Gasteiger partial charge on any atom is 0.273 e. The van der Waals surface area contributed by atoms with Crippen LogP contribution in [0.3, 0.4) is 0 Å². The summed E-state index contributed by atoms with van der Waals surface area (Å²) in [5.41, 5.74) is -0.283. The largest absolute Gasteiger partial charge is 0.273 e. The number of nitrogens with one attached hydrogen (secondary N) is 1. The Morgan fingerprint density at radius 3 is 2.69 bits per heavy atom. The quantitative estimate of drug-likeness (QED) is 0.537. The van der Waals surface area contributed by atoms with Crippen LogP contribution in [-0.2, 0) is 10.0 Å². The summed E-state index contributed by atoms with van der Waals surface area (Å²) in [5, 5.41) is 24.7. The van der Waals surface area contributed by atoms with Crippen LogP contribution in [0.1, 0.15) is 0 Å². The highest BCUT2D eigenvalue weighted by atomic mass is 32.2. The molecule has 0 saturated heterocycles. The van der Waals surface area contributed by atoms with Crippen molar-refractivity contribution in [1.82, 2.24) is 15.4 Å². The Bertz CT molecular complexity index is 675. The third-order valence-electron chi connectivity index (χ3n) is 1.90. The molecule has 0 aliphatic rings. The smallest absolute Gasteiger partial charge is 0.258 e. The maximum atomic E-state index is 11.2. The van der Waals surface area contributed by atoms with Gasteiger partial charge in [-0.3, -0.25) is 15.2 Å². The molecule has 16 heavy (non-hydrogen) atoms. The number of rotatable bonds is 2. The minimum atomic E-state index is -4.08. The number of fused-ring (bicyclic) bond motifs is 1. The fourth-order valence-corrected chi connectivity index (χ4v) is 1.94. The summed E-state index contributed by atoms with van der Waals surface area (Å²) in [6.07, 6.45) is 0. The number of aromatic nitrogens is 3. The number of H-pyrrole nitrogens is 1. The number of sulfonamides is 1. The zero-order valence-electron chi connectivity index (χ0n) is 7.61. The Kier molecular flexibility index (Phi) is 2.10. The van der Waals surface area contributed by atoms with Gasteiger partial charge in [0.15, 0.2) is 0 Å². The highest BCUT2D eigenvalue weighted by Gasteiger charge is 2.20. The molecule has 9 nitrogen and oxygen atoms in total. The van der Waals surface area contributed by atoms with E-state index in [1.165, 1.54) is 0 Å². The van der Waals surface area contributed by atoms with Crippen molar-refractivity contribution in [1.29, 1.82) is 0 Å². The fraction of sp³-hybridized carbons (Fsp3) is 0. The topological polar surface area (TPSA) is 145 Å². The molecule has 0 bridgehead atoms. The summed E-state index contributed by atoms with van der Waals surface area (Å²) in [6.45, 7) is 0. The zero-order chi connectivity index (χ0) is 11.9. The molecule has 2 rings (SSSR count). The van der Waals surface area contributed by atoms with Gasteiger partial charge >= 0.3 is 0 Å². The lowest BCUT2D eigenvalue weighted by Gasteiger charge is -1.98. The number of nitro groups is 1. The molecule has 0 atom stereocenters. The first-order chi connectivity index (χ1) is 7.39. The van der Waals surface area contributed by atoms with Crippen LogP contribution in [0.2, 0.25) is 0 Å². The van der Waals surface area contributed by atoms with Crippen LogP contribution in [0.25, 0.3) is 11.0 Å². The second kappa shape index (κ2) is 3.21. The number of hydrogen-bond acceptors (Lipinski definition) is 6. The standard InChI is InChI=1S/C6H5N5O4S/c7-16(14,15)5-2-3(11(12)13)1-4-6(5)9-10-8-4/h1-2H,(H2,7,14,15)(H,8,9,10). The number of primary sulfonamides is 1. The number of benzene rings is 1. The predicted octanol–water partition coefficient (Wildman–Crippen LogP) is -0.486. The molecule has 1 heterocycles. The maximum absolute atomic E-state index is 11.2. The van der Waals surface area contributed by atoms with Crippen LogP contribution in [-0.4, -0.2) is 28.8 Å². The number of nitrogens with two attached hydrogens (primary N) is 1. The monoisotopic (exact) mass is 243 g/mol. The summed E-state index contributed by atoms with van der Waals surface area (Å²) in [4.78, 5) is 9.41. The predicted molar refractivity (Wildman–Crippen MR) is 51.9 cm³/mol. The van der Waals surface area contributed by atoms with E-state index < -0.39 is 25.5 Å². The van der Waals surface area contributed by atoms with Crippen molar-refractivity contribution in [2.45, 2.75) is 4.90 Å². The molecular formula is C6H5N5O4S. The van der Waals surface area contributed by atoms with Crippen molar-refractivity contribution < 1.29 is 13.3 Å². The minimum absolute atomic E-state index is 0.0203. The first-order valence-corrected chi connectivity index (χ1v) is 5.46. The molecule has 0 spiro atoms. The van der Waals surface area contributed by atoms with Gasteiger partial charge in [-0.2, -0.15) is 0 Å². The van der Waals surface area contributed by atoms with E-state index in [9.17, 15) is 18.5 Å². The summed E-state index contributed by atoms with van der Waals surface area (Å²) < 4.78 is 22.4. The number of nitrogens with zero attached hydrogens (tertiary/aromatic N) is 3. The highest BCUT2D eigenvalue weighted by Crippen LogP contribution is 2.24. The van der Waals surface area contributed by atoms with E-state index in [1.54, 1.807) is 0 Å². The molecule has 84 valence electrons. The molecule has 0 saturated carbocycles. The van der Waals surface area contributed by atoms with Gasteiger partial charge in [0.2, 0.25) is 10.0 Å². The summed E-state index contributed by atoms with van der Waals surface area (Å²) in [5.74, 6) is 0. The van der Waals surface area contributed by atoms with E-state index in [-0.39, 0.29) is 11.0 Å². The van der Waals surface area contributed by atoms with Crippen LogP contribution in [0, 0.1) is 10.1 Å². The Balaban J connectivity index is 2.89. The van der Waals surface area contributed by atoms with Gasteiger partial charge in [0, 0.05) is 12.1 Å². The Morgan fingerprint density at radius 2 is 2.12 bits per heavy atom. The van der Waals surface area contributed by atoms with E-state index in [4.69, 9.17) is 5.14 Å². The van der Waals surface area contributed by atoms with Crippen LogP contribution in [0.4, 0.5) is 5.69 Å². The number of nitro benzene ring substituents is 1. The van der Waals surface area contributed by atoms with Gasteiger partial charge in [-0.05, 0) is 0 Å². The highest BCUT2D eigenvalue weighted by molar-refractivity contribution is 7.89. The van der Waals surface area contributed by atoms with Gasteiger partial charge in [0.05, 0.1) is 10.4 Å². The Morgan fingerprint density at radius 1 is 1.44 bits per heavy atom. The van der Waals surface area contributed by atoms with Crippen molar-refractivity contribution in [3.05, 3.63) is 22.2 Å². The first kappa shape index (κ1) is 10.4. The third-order valence-corrected chi connectivity index (χ3v) is 2.82. The van der Waals surface area contributed by atoms with Gasteiger partial charge in [0.1, 0.15) is 10.4 Å². The lowest BCUT2D eigenvalue weighted by molar-refractivity contribution is -0.384. The van der Waals surface area contributed by atoms with Crippen molar-refractivity contribution >= 4 is 26.7 Å². The lowest BCUT2D eigenvalue weighted by atomic mass is 10.3. The van der Waals surface area contributed by atoms with Gasteiger partial charge in [0.25, 0.3) is 5.69 Å². The van der Waals surface area contributed by atoms with Gasteiger partial charge in [-0.15, -0.1) is 5.10 Å². The SMILES string of the molecule is NS(=O)(=O)c1cc([N+](=O)[O-])cc2[nH]nnc12. The van der Waals surface area contributed by atoms with Gasteiger partial charge in [-0.1, -0.05) is 5.21 Å².